The summed E-state index contributed by atoms with van der Waals surface area (Å²) in [7, 11) is 1.32. The van der Waals surface area contributed by atoms with E-state index in [4.69, 9.17) is 0 Å². The molecule has 1 saturated heterocycles. The fourth-order valence-electron chi connectivity index (χ4n) is 5.36. The van der Waals surface area contributed by atoms with Crippen molar-refractivity contribution in [3.8, 4) is 11.1 Å². The Hall–Kier alpha value is -3.71. The first-order valence-electron chi connectivity index (χ1n) is 13.3. The van der Waals surface area contributed by atoms with Crippen molar-refractivity contribution in [3.63, 3.8) is 0 Å². The van der Waals surface area contributed by atoms with Gasteiger partial charge in [0, 0.05) is 19.2 Å². The molecule has 6 nitrogen and oxygen atoms in total. The van der Waals surface area contributed by atoms with Gasteiger partial charge < -0.3 is 20.0 Å². The Labute approximate surface area is 243 Å². The Morgan fingerprint density at radius 2 is 1.53 bits per heavy atom. The number of aliphatic hydroxyl groups excluding tert-OH is 1. The van der Waals surface area contributed by atoms with Crippen LogP contribution in [0.25, 0.3) is 11.1 Å². The zero-order chi connectivity index (χ0) is 32.1. The van der Waals surface area contributed by atoms with Gasteiger partial charge in [0.15, 0.2) is 6.29 Å². The number of aryl methyl sites for hydroxylation is 1. The van der Waals surface area contributed by atoms with E-state index in [1.807, 2.05) is 0 Å². The zero-order valence-electron chi connectivity index (χ0n) is 23.7. The number of pyridine rings is 1. The van der Waals surface area contributed by atoms with E-state index in [-0.39, 0.29) is 11.8 Å². The summed E-state index contributed by atoms with van der Waals surface area (Å²) in [6, 6.07) is 5.93. The van der Waals surface area contributed by atoms with Gasteiger partial charge in [0.05, 0.1) is 34.5 Å². The van der Waals surface area contributed by atoms with Crippen LogP contribution in [0.5, 0.6) is 0 Å². The summed E-state index contributed by atoms with van der Waals surface area (Å²) in [5.41, 5.74) is -3.96. The van der Waals surface area contributed by atoms with E-state index in [9.17, 15) is 45.7 Å². The minimum Gasteiger partial charge on any atom is -0.366 e. The van der Waals surface area contributed by atoms with Gasteiger partial charge in [-0.15, -0.1) is 0 Å². The summed E-state index contributed by atoms with van der Waals surface area (Å²) in [5.74, 6) is -1.01. The lowest BCUT2D eigenvalue weighted by Crippen LogP contribution is -2.42. The van der Waals surface area contributed by atoms with E-state index in [1.54, 1.807) is 17.9 Å². The lowest BCUT2D eigenvalue weighted by molar-refractivity contribution is -0.143. The Bertz CT molecular complexity index is 1490. The summed E-state index contributed by atoms with van der Waals surface area (Å²) in [4.78, 5) is 21.1. The lowest BCUT2D eigenvalue weighted by Gasteiger charge is -2.33. The number of likely N-dealkylation sites (N-methyl/N-ethyl adjacent to an activating group) is 1. The summed E-state index contributed by atoms with van der Waals surface area (Å²) < 4.78 is 95.4. The van der Waals surface area contributed by atoms with Crippen LogP contribution < -0.4 is 9.80 Å². The molecule has 4 rings (SSSR count). The number of hydrogen-bond donors (Lipinski definition) is 2. The molecule has 3 aromatic rings. The molecule has 1 aromatic heterocycles. The molecule has 0 radical (unpaired) electrons. The second-order valence-electron chi connectivity index (χ2n) is 11.1. The molecule has 2 heterocycles. The number of nitrogens with zero attached hydrogens (tertiary/aromatic N) is 3. The Kier molecular flexibility index (Phi) is 8.55. The predicted molar refractivity (Wildman–Crippen MR) is 146 cm³/mol. The molecular weight excluding hydrogens is 583 g/mol. The summed E-state index contributed by atoms with van der Waals surface area (Å²) in [6.45, 7) is 4.54. The van der Waals surface area contributed by atoms with E-state index >= 15 is 0 Å². The first-order valence-corrected chi connectivity index (χ1v) is 13.3. The van der Waals surface area contributed by atoms with E-state index in [2.05, 4.69) is 4.98 Å². The van der Waals surface area contributed by atoms with E-state index in [0.29, 0.717) is 54.0 Å². The van der Waals surface area contributed by atoms with Gasteiger partial charge in [-0.3, -0.25) is 4.79 Å². The number of alkyl halides is 6. The maximum Gasteiger partial charge on any atom is 0.416 e. The molecule has 1 aliphatic heterocycles. The van der Waals surface area contributed by atoms with Crippen molar-refractivity contribution < 1.29 is 45.7 Å². The van der Waals surface area contributed by atoms with Gasteiger partial charge in [-0.05, 0) is 86.7 Å². The van der Waals surface area contributed by atoms with Crippen LogP contribution in [0.4, 0.5) is 42.2 Å². The van der Waals surface area contributed by atoms with Crippen molar-refractivity contribution in [2.45, 2.75) is 63.7 Å². The number of amides is 1. The van der Waals surface area contributed by atoms with E-state index in [1.165, 1.54) is 45.3 Å². The minimum atomic E-state index is -5.09. The van der Waals surface area contributed by atoms with Crippen molar-refractivity contribution in [1.29, 1.82) is 0 Å². The average Bonchev–Trinajstić information content (AvgIpc) is 3.41. The average molecular weight is 614 g/mol. The van der Waals surface area contributed by atoms with Crippen LogP contribution in [0.1, 0.15) is 48.9 Å². The highest BCUT2D eigenvalue weighted by Gasteiger charge is 2.41. The van der Waals surface area contributed by atoms with Crippen LogP contribution in [0, 0.1) is 12.7 Å². The quantitative estimate of drug-likeness (QED) is 0.247. The SMILES string of the molecule is Cc1cc(F)ccc1-c1cc(N2CCCC2C(O)O)ncc1N(C)C(=O)C(C)(C)c1cc(C(F)(F)F)cc(C(F)(F)F)c1. The second kappa shape index (κ2) is 11.4. The van der Waals surface area contributed by atoms with Gasteiger partial charge in [0.25, 0.3) is 0 Å². The third-order valence-corrected chi connectivity index (χ3v) is 7.79. The number of benzene rings is 2. The second-order valence-corrected chi connectivity index (χ2v) is 11.1. The molecule has 1 aliphatic rings. The highest BCUT2D eigenvalue weighted by molar-refractivity contribution is 6.03. The number of aromatic nitrogens is 1. The monoisotopic (exact) mass is 613 g/mol. The van der Waals surface area contributed by atoms with Crippen molar-refractivity contribution in [1.82, 2.24) is 4.98 Å². The molecule has 43 heavy (non-hydrogen) atoms. The van der Waals surface area contributed by atoms with Crippen molar-refractivity contribution in [2.75, 3.05) is 23.4 Å². The lowest BCUT2D eigenvalue weighted by atomic mass is 9.81. The van der Waals surface area contributed by atoms with Gasteiger partial charge in [-0.2, -0.15) is 26.3 Å². The third kappa shape index (κ3) is 6.47. The first kappa shape index (κ1) is 32.2. The van der Waals surface area contributed by atoms with Gasteiger partial charge in [-0.1, -0.05) is 6.07 Å². The molecule has 2 aromatic carbocycles. The first-order chi connectivity index (χ1) is 19.8. The van der Waals surface area contributed by atoms with Crippen LogP contribution in [0.3, 0.4) is 0 Å². The molecule has 0 aliphatic carbocycles. The third-order valence-electron chi connectivity index (χ3n) is 7.79. The fraction of sp³-hybridized carbons (Fsp3) is 0.400. The van der Waals surface area contributed by atoms with Crippen LogP contribution in [0.2, 0.25) is 0 Å². The van der Waals surface area contributed by atoms with E-state index in [0.717, 1.165) is 4.90 Å². The Morgan fingerprint density at radius 3 is 2.07 bits per heavy atom. The van der Waals surface area contributed by atoms with Gasteiger partial charge in [0.1, 0.15) is 11.6 Å². The number of carbonyl (C=O) groups is 1. The summed E-state index contributed by atoms with van der Waals surface area (Å²) >= 11 is 0. The molecule has 0 bridgehead atoms. The number of hydrogen-bond acceptors (Lipinski definition) is 5. The fourth-order valence-corrected chi connectivity index (χ4v) is 5.36. The molecule has 0 spiro atoms. The predicted octanol–water partition coefficient (Wildman–Crippen LogP) is 6.45. The highest BCUT2D eigenvalue weighted by atomic mass is 19.4. The number of halogens is 7. The Morgan fingerprint density at radius 1 is 0.953 bits per heavy atom. The van der Waals surface area contributed by atoms with Crippen molar-refractivity contribution in [2.24, 2.45) is 0 Å². The van der Waals surface area contributed by atoms with Gasteiger partial charge in [-0.25, -0.2) is 9.37 Å². The zero-order valence-corrected chi connectivity index (χ0v) is 23.7. The van der Waals surface area contributed by atoms with Gasteiger partial charge >= 0.3 is 12.4 Å². The van der Waals surface area contributed by atoms with Crippen LogP contribution in [-0.4, -0.2) is 47.0 Å². The van der Waals surface area contributed by atoms with Gasteiger partial charge in [0.2, 0.25) is 5.91 Å². The number of rotatable bonds is 6. The molecule has 13 heteroatoms. The van der Waals surface area contributed by atoms with Crippen LogP contribution in [-0.2, 0) is 22.6 Å². The summed E-state index contributed by atoms with van der Waals surface area (Å²) in [6.07, 6.45) is -9.39. The molecule has 0 saturated carbocycles. The number of aliphatic hydroxyl groups is 2. The maximum absolute atomic E-state index is 14.0. The number of anilines is 2. The standard InChI is InChI=1S/C30H30F7N3O3/c1-16-10-20(31)7-8-21(16)22-14-25(40-9-5-6-23(40)26(41)42)38-15-24(22)39(4)27(43)28(2,3)17-11-18(29(32,33)34)13-19(12-17)30(35,36)37/h7-8,10-15,23,26,41-42H,5-6,9H2,1-4H3. The largest absolute Gasteiger partial charge is 0.416 e. The molecule has 1 fully saturated rings. The van der Waals surface area contributed by atoms with E-state index < -0.39 is 58.5 Å². The molecule has 232 valence electrons. The molecular formula is C30H30F7N3O3. The summed E-state index contributed by atoms with van der Waals surface area (Å²) in [5, 5.41) is 19.7. The molecule has 1 atom stereocenters. The number of carbonyl (C=O) groups excluding carboxylic acids is 1. The molecule has 1 amide bonds. The topological polar surface area (TPSA) is 76.9 Å². The molecule has 1 unspecified atom stereocenters. The van der Waals surface area contributed by atoms with Crippen LogP contribution >= 0.6 is 0 Å². The highest BCUT2D eigenvalue weighted by Crippen LogP contribution is 2.41. The Balaban J connectivity index is 1.84. The van der Waals surface area contributed by atoms with Crippen LogP contribution in [0.15, 0.2) is 48.7 Å². The smallest absolute Gasteiger partial charge is 0.366 e. The minimum absolute atomic E-state index is 0.000763. The van der Waals surface area contributed by atoms with Crippen molar-refractivity contribution in [3.05, 3.63) is 76.7 Å². The molecule has 2 N–H and O–H groups in total. The normalized spacial score (nSPS) is 16.2. The maximum atomic E-state index is 14.0. The van der Waals surface area contributed by atoms with Crippen molar-refractivity contribution >= 4 is 17.4 Å².